The third-order valence-corrected chi connectivity index (χ3v) is 5.99. The monoisotopic (exact) mass is 444 g/mol. The minimum Gasteiger partial charge on any atom is -0.493 e. The third-order valence-electron chi connectivity index (χ3n) is 5.99. The standard InChI is InChI=1S/C30H36O3/c1-4-6-7-8-9-24-10-18-29(19-11-24)33-30(31)27-14-12-25(13-15-27)26-16-20-28(21-17-26)32-22-23(3)5-2/h10-21,23H,4-9,22H2,1-3H3/t23-/m0/s1. The van der Waals surface area contributed by atoms with Crippen LogP contribution in [0.5, 0.6) is 11.5 Å². The van der Waals surface area contributed by atoms with Crippen molar-refractivity contribution in [1.82, 2.24) is 0 Å². The highest BCUT2D eigenvalue weighted by Crippen LogP contribution is 2.24. The van der Waals surface area contributed by atoms with Crippen LogP contribution in [0.2, 0.25) is 0 Å². The lowest BCUT2D eigenvalue weighted by Gasteiger charge is -2.11. The van der Waals surface area contributed by atoms with E-state index in [-0.39, 0.29) is 5.97 Å². The van der Waals surface area contributed by atoms with Crippen molar-refractivity contribution < 1.29 is 14.3 Å². The van der Waals surface area contributed by atoms with E-state index in [0.717, 1.165) is 36.3 Å². The number of benzene rings is 3. The molecule has 0 radical (unpaired) electrons. The Bertz CT molecular complexity index is 973. The molecule has 0 saturated heterocycles. The molecule has 0 aliphatic heterocycles. The molecule has 3 aromatic rings. The van der Waals surface area contributed by atoms with Crippen molar-refractivity contribution in [2.24, 2.45) is 5.92 Å². The summed E-state index contributed by atoms with van der Waals surface area (Å²) in [5, 5.41) is 0. The summed E-state index contributed by atoms with van der Waals surface area (Å²) in [6.45, 7) is 7.31. The van der Waals surface area contributed by atoms with Gasteiger partial charge < -0.3 is 9.47 Å². The quantitative estimate of drug-likeness (QED) is 0.161. The minimum atomic E-state index is -0.342. The van der Waals surface area contributed by atoms with Crippen molar-refractivity contribution in [2.45, 2.75) is 59.3 Å². The highest BCUT2D eigenvalue weighted by Gasteiger charge is 2.09. The molecule has 0 fully saturated rings. The van der Waals surface area contributed by atoms with Crippen LogP contribution in [-0.4, -0.2) is 12.6 Å². The summed E-state index contributed by atoms with van der Waals surface area (Å²) in [7, 11) is 0. The number of ether oxygens (including phenoxy) is 2. The van der Waals surface area contributed by atoms with E-state index in [0.29, 0.717) is 17.2 Å². The SMILES string of the molecule is CCCCCCc1ccc(OC(=O)c2ccc(-c3ccc(OC[C@@H](C)CC)cc3)cc2)cc1. The van der Waals surface area contributed by atoms with Gasteiger partial charge in [-0.25, -0.2) is 4.79 Å². The molecule has 33 heavy (non-hydrogen) atoms. The van der Waals surface area contributed by atoms with Gasteiger partial charge in [-0.05, 0) is 71.8 Å². The van der Waals surface area contributed by atoms with Gasteiger partial charge in [-0.1, -0.05) is 82.9 Å². The van der Waals surface area contributed by atoms with Crippen LogP contribution >= 0.6 is 0 Å². The van der Waals surface area contributed by atoms with Gasteiger partial charge >= 0.3 is 5.97 Å². The lowest BCUT2D eigenvalue weighted by Crippen LogP contribution is -2.08. The molecule has 0 saturated carbocycles. The van der Waals surface area contributed by atoms with Gasteiger partial charge in [0.25, 0.3) is 0 Å². The molecule has 0 amide bonds. The Morgan fingerprint density at radius 1 is 0.758 bits per heavy atom. The molecule has 0 spiro atoms. The van der Waals surface area contributed by atoms with E-state index in [1.54, 1.807) is 0 Å². The van der Waals surface area contributed by atoms with Gasteiger partial charge in [-0.2, -0.15) is 0 Å². The fourth-order valence-electron chi connectivity index (χ4n) is 3.54. The molecule has 3 aromatic carbocycles. The Morgan fingerprint density at radius 2 is 1.36 bits per heavy atom. The fourth-order valence-corrected chi connectivity index (χ4v) is 3.54. The summed E-state index contributed by atoms with van der Waals surface area (Å²) in [5.41, 5.74) is 3.95. The topological polar surface area (TPSA) is 35.5 Å². The molecule has 3 nitrogen and oxygen atoms in total. The van der Waals surface area contributed by atoms with Crippen molar-refractivity contribution in [3.8, 4) is 22.6 Å². The Morgan fingerprint density at radius 3 is 1.97 bits per heavy atom. The number of hydrogen-bond donors (Lipinski definition) is 0. The zero-order valence-electron chi connectivity index (χ0n) is 20.2. The zero-order chi connectivity index (χ0) is 23.5. The van der Waals surface area contributed by atoms with Gasteiger partial charge in [0.05, 0.1) is 12.2 Å². The van der Waals surface area contributed by atoms with Crippen LogP contribution in [0.3, 0.4) is 0 Å². The average Bonchev–Trinajstić information content (AvgIpc) is 2.86. The minimum absolute atomic E-state index is 0.342. The van der Waals surface area contributed by atoms with Gasteiger partial charge in [-0.15, -0.1) is 0 Å². The van der Waals surface area contributed by atoms with E-state index in [9.17, 15) is 4.79 Å². The van der Waals surface area contributed by atoms with E-state index in [1.807, 2.05) is 72.8 Å². The van der Waals surface area contributed by atoms with Gasteiger partial charge in [0.1, 0.15) is 11.5 Å². The Hall–Kier alpha value is -3.07. The lowest BCUT2D eigenvalue weighted by molar-refractivity contribution is 0.0734. The van der Waals surface area contributed by atoms with Gasteiger partial charge in [0, 0.05) is 0 Å². The molecular formula is C30H36O3. The molecule has 3 heteroatoms. The highest BCUT2D eigenvalue weighted by atomic mass is 16.5. The first-order chi connectivity index (χ1) is 16.1. The Balaban J connectivity index is 1.53. The molecule has 0 aliphatic rings. The Labute approximate surface area is 198 Å². The number of rotatable bonds is 12. The normalized spacial score (nSPS) is 11.7. The number of unbranched alkanes of at least 4 members (excludes halogenated alkanes) is 3. The summed E-state index contributed by atoms with van der Waals surface area (Å²) >= 11 is 0. The fraction of sp³-hybridized carbons (Fsp3) is 0.367. The maximum atomic E-state index is 12.5. The second kappa shape index (κ2) is 12.8. The van der Waals surface area contributed by atoms with Crippen LogP contribution in [-0.2, 0) is 6.42 Å². The van der Waals surface area contributed by atoms with Crippen LogP contribution < -0.4 is 9.47 Å². The first-order valence-electron chi connectivity index (χ1n) is 12.2. The number of carbonyl (C=O) groups is 1. The predicted octanol–water partition coefficient (Wildman–Crippen LogP) is 8.12. The summed E-state index contributed by atoms with van der Waals surface area (Å²) in [6, 6.07) is 23.5. The number of esters is 1. The molecule has 0 unspecified atom stereocenters. The second-order valence-electron chi connectivity index (χ2n) is 8.77. The van der Waals surface area contributed by atoms with Crippen LogP contribution in [0.15, 0.2) is 72.8 Å². The van der Waals surface area contributed by atoms with E-state index >= 15 is 0 Å². The third kappa shape index (κ3) is 7.78. The van der Waals surface area contributed by atoms with Crippen molar-refractivity contribution >= 4 is 5.97 Å². The summed E-state index contributed by atoms with van der Waals surface area (Å²) < 4.78 is 11.4. The van der Waals surface area contributed by atoms with E-state index < -0.39 is 0 Å². The lowest BCUT2D eigenvalue weighted by atomic mass is 10.0. The summed E-state index contributed by atoms with van der Waals surface area (Å²) in [4.78, 5) is 12.5. The molecule has 0 aliphatic carbocycles. The molecule has 0 heterocycles. The second-order valence-corrected chi connectivity index (χ2v) is 8.77. The van der Waals surface area contributed by atoms with Crippen LogP contribution in [0.4, 0.5) is 0 Å². The predicted molar refractivity (Wildman–Crippen MR) is 136 cm³/mol. The van der Waals surface area contributed by atoms with Crippen LogP contribution in [0.25, 0.3) is 11.1 Å². The van der Waals surface area contributed by atoms with E-state index in [1.165, 1.54) is 31.2 Å². The molecular weight excluding hydrogens is 408 g/mol. The number of carbonyl (C=O) groups excluding carboxylic acids is 1. The molecule has 1 atom stereocenters. The summed E-state index contributed by atoms with van der Waals surface area (Å²) in [5.74, 6) is 1.66. The molecule has 3 rings (SSSR count). The van der Waals surface area contributed by atoms with Crippen molar-refractivity contribution in [2.75, 3.05) is 6.61 Å². The first-order valence-corrected chi connectivity index (χ1v) is 12.2. The van der Waals surface area contributed by atoms with Gasteiger partial charge in [0.2, 0.25) is 0 Å². The molecule has 174 valence electrons. The largest absolute Gasteiger partial charge is 0.493 e. The van der Waals surface area contributed by atoms with E-state index in [2.05, 4.69) is 20.8 Å². The number of aryl methyl sites for hydroxylation is 1. The average molecular weight is 445 g/mol. The van der Waals surface area contributed by atoms with Gasteiger partial charge in [0.15, 0.2) is 0 Å². The van der Waals surface area contributed by atoms with Crippen molar-refractivity contribution in [3.63, 3.8) is 0 Å². The van der Waals surface area contributed by atoms with Crippen LogP contribution in [0.1, 0.15) is 68.8 Å². The molecule has 0 bridgehead atoms. The maximum absolute atomic E-state index is 12.5. The summed E-state index contributed by atoms with van der Waals surface area (Å²) in [6.07, 6.45) is 7.17. The maximum Gasteiger partial charge on any atom is 0.343 e. The Kier molecular flexibility index (Phi) is 9.56. The van der Waals surface area contributed by atoms with Crippen LogP contribution in [0, 0.1) is 5.92 Å². The smallest absolute Gasteiger partial charge is 0.343 e. The van der Waals surface area contributed by atoms with E-state index in [4.69, 9.17) is 9.47 Å². The van der Waals surface area contributed by atoms with Crippen molar-refractivity contribution in [3.05, 3.63) is 83.9 Å². The van der Waals surface area contributed by atoms with Crippen molar-refractivity contribution in [1.29, 1.82) is 0 Å². The highest BCUT2D eigenvalue weighted by molar-refractivity contribution is 5.91. The molecule has 0 aromatic heterocycles. The molecule has 0 N–H and O–H groups in total. The van der Waals surface area contributed by atoms with Gasteiger partial charge in [-0.3, -0.25) is 0 Å². The zero-order valence-corrected chi connectivity index (χ0v) is 20.2. The number of hydrogen-bond acceptors (Lipinski definition) is 3. The first kappa shape index (κ1) is 24.6.